The zero-order valence-corrected chi connectivity index (χ0v) is 19.1. The number of hydrogen-bond acceptors (Lipinski definition) is 4. The van der Waals surface area contributed by atoms with Crippen LogP contribution in [0.25, 0.3) is 0 Å². The van der Waals surface area contributed by atoms with Crippen LogP contribution in [0.2, 0.25) is 0 Å². The van der Waals surface area contributed by atoms with Gasteiger partial charge in [0.15, 0.2) is 5.11 Å². The molecule has 1 heterocycles. The molecule has 1 aliphatic rings. The van der Waals surface area contributed by atoms with E-state index < -0.39 is 52.1 Å². The summed E-state index contributed by atoms with van der Waals surface area (Å²) in [4.78, 5) is 26.9. The van der Waals surface area contributed by atoms with Gasteiger partial charge in [-0.15, -0.1) is 0 Å². The second kappa shape index (κ2) is 8.53. The van der Waals surface area contributed by atoms with E-state index >= 15 is 0 Å². The molecule has 1 N–H and O–H groups in total. The quantitative estimate of drug-likeness (QED) is 0.476. The van der Waals surface area contributed by atoms with Crippen LogP contribution in [0.5, 0.6) is 0 Å². The van der Waals surface area contributed by atoms with E-state index in [-0.39, 0.29) is 16.4 Å². The zero-order chi connectivity index (χ0) is 26.5. The van der Waals surface area contributed by atoms with Crippen molar-refractivity contribution in [2.75, 3.05) is 16.8 Å². The van der Waals surface area contributed by atoms with Crippen LogP contribution in [0, 0.1) is 17.1 Å². The van der Waals surface area contributed by atoms with Crippen molar-refractivity contribution < 1.29 is 35.9 Å². The Morgan fingerprint density at radius 2 is 1.69 bits per heavy atom. The van der Waals surface area contributed by atoms with Gasteiger partial charge in [0.05, 0.1) is 28.4 Å². The molecule has 0 saturated carbocycles. The van der Waals surface area contributed by atoms with Gasteiger partial charge >= 0.3 is 12.1 Å². The standard InChI is InChI=1S/C22H16F6N4O2S/c1-20(2)18(34)31(12-5-4-11(10-29)15(8-12)21(24,25)22(26,27)28)19(35)32(20)13-6-7-14(16(23)9-13)17(33)30-3/h4-9H,1-3H3,(H,30,33). The molecular formula is C22H16F6N4O2S. The Kier molecular flexibility index (Phi) is 6.32. The number of thiocarbonyl (C=S) groups is 1. The monoisotopic (exact) mass is 514 g/mol. The molecule has 0 unspecified atom stereocenters. The molecule has 0 aromatic heterocycles. The van der Waals surface area contributed by atoms with Crippen LogP contribution in [-0.2, 0) is 10.7 Å². The molecule has 1 aliphatic heterocycles. The molecule has 3 rings (SSSR count). The van der Waals surface area contributed by atoms with Crippen LogP contribution in [-0.4, -0.2) is 35.7 Å². The highest BCUT2D eigenvalue weighted by Crippen LogP contribution is 2.46. The van der Waals surface area contributed by atoms with Gasteiger partial charge in [0.25, 0.3) is 11.8 Å². The molecule has 13 heteroatoms. The van der Waals surface area contributed by atoms with Crippen LogP contribution in [0.4, 0.5) is 37.7 Å². The molecule has 1 saturated heterocycles. The number of nitrogens with zero attached hydrogens (tertiary/aromatic N) is 3. The molecule has 184 valence electrons. The summed E-state index contributed by atoms with van der Waals surface area (Å²) >= 11 is 5.33. The molecular weight excluding hydrogens is 498 g/mol. The zero-order valence-electron chi connectivity index (χ0n) is 18.3. The summed E-state index contributed by atoms with van der Waals surface area (Å²) in [5.41, 5.74) is -4.77. The lowest BCUT2D eigenvalue weighted by Gasteiger charge is -2.29. The van der Waals surface area contributed by atoms with E-state index in [9.17, 15) is 35.9 Å². The van der Waals surface area contributed by atoms with E-state index in [1.807, 2.05) is 0 Å². The normalized spacial score (nSPS) is 15.9. The predicted molar refractivity (Wildman–Crippen MR) is 118 cm³/mol. The van der Waals surface area contributed by atoms with E-state index in [0.29, 0.717) is 6.07 Å². The summed E-state index contributed by atoms with van der Waals surface area (Å²) in [5.74, 6) is -7.82. The minimum Gasteiger partial charge on any atom is -0.355 e. The highest BCUT2D eigenvalue weighted by molar-refractivity contribution is 7.81. The maximum Gasteiger partial charge on any atom is 0.458 e. The van der Waals surface area contributed by atoms with Gasteiger partial charge in [-0.3, -0.25) is 14.5 Å². The number of carbonyl (C=O) groups is 2. The highest BCUT2D eigenvalue weighted by Gasteiger charge is 2.60. The fourth-order valence-electron chi connectivity index (χ4n) is 3.60. The number of carbonyl (C=O) groups excluding carboxylic acids is 2. The lowest BCUT2D eigenvalue weighted by Crippen LogP contribution is -2.44. The Balaban J connectivity index is 2.13. The first-order valence-electron chi connectivity index (χ1n) is 9.79. The van der Waals surface area contributed by atoms with Crippen molar-refractivity contribution >= 4 is 40.5 Å². The van der Waals surface area contributed by atoms with Crippen molar-refractivity contribution in [2.24, 2.45) is 0 Å². The fourth-order valence-corrected chi connectivity index (χ4v) is 4.12. The number of amides is 2. The lowest BCUT2D eigenvalue weighted by molar-refractivity contribution is -0.289. The first kappa shape index (κ1) is 26.0. The van der Waals surface area contributed by atoms with Gasteiger partial charge in [-0.05, 0) is 62.5 Å². The smallest absolute Gasteiger partial charge is 0.355 e. The first-order valence-corrected chi connectivity index (χ1v) is 10.2. The van der Waals surface area contributed by atoms with Gasteiger partial charge in [-0.1, -0.05) is 0 Å². The molecule has 1 fully saturated rings. The Labute approximate surface area is 200 Å². The van der Waals surface area contributed by atoms with Crippen molar-refractivity contribution in [3.8, 4) is 6.07 Å². The Hall–Kier alpha value is -3.66. The van der Waals surface area contributed by atoms with Gasteiger partial charge in [0.2, 0.25) is 0 Å². The fraction of sp³-hybridized carbons (Fsp3) is 0.273. The summed E-state index contributed by atoms with van der Waals surface area (Å²) in [6, 6.07) is 6.81. The number of benzene rings is 2. The van der Waals surface area contributed by atoms with Crippen molar-refractivity contribution in [1.82, 2.24) is 5.32 Å². The molecule has 2 amide bonds. The van der Waals surface area contributed by atoms with Gasteiger partial charge in [0.1, 0.15) is 11.4 Å². The van der Waals surface area contributed by atoms with Crippen molar-refractivity contribution in [3.63, 3.8) is 0 Å². The Morgan fingerprint density at radius 3 is 2.20 bits per heavy atom. The van der Waals surface area contributed by atoms with E-state index in [0.717, 1.165) is 29.2 Å². The Bertz CT molecular complexity index is 1290. The van der Waals surface area contributed by atoms with Crippen LogP contribution in [0.1, 0.15) is 35.3 Å². The maximum atomic E-state index is 14.6. The second-order valence-corrected chi connectivity index (χ2v) is 8.34. The van der Waals surface area contributed by atoms with Crippen molar-refractivity contribution in [2.45, 2.75) is 31.5 Å². The number of anilines is 2. The van der Waals surface area contributed by atoms with Gasteiger partial charge in [0, 0.05) is 12.7 Å². The average molecular weight is 514 g/mol. The summed E-state index contributed by atoms with van der Waals surface area (Å²) < 4.78 is 81.9. The third kappa shape index (κ3) is 4.07. The van der Waals surface area contributed by atoms with Gasteiger partial charge < -0.3 is 10.2 Å². The summed E-state index contributed by atoms with van der Waals surface area (Å²) in [6.07, 6.45) is -6.00. The minimum absolute atomic E-state index is 0.0375. The largest absolute Gasteiger partial charge is 0.458 e. The molecule has 0 radical (unpaired) electrons. The average Bonchev–Trinajstić information content (AvgIpc) is 2.95. The SMILES string of the molecule is CNC(=O)c1ccc(N2C(=S)N(c3ccc(C#N)c(C(F)(F)C(F)(F)F)c3)C(=O)C2(C)C)cc1F. The third-order valence-electron chi connectivity index (χ3n) is 5.43. The topological polar surface area (TPSA) is 76.4 Å². The van der Waals surface area contributed by atoms with Gasteiger partial charge in [-0.25, -0.2) is 4.39 Å². The molecule has 0 aliphatic carbocycles. The molecule has 0 atom stereocenters. The summed E-state index contributed by atoms with van der Waals surface area (Å²) in [6.45, 7) is 2.78. The molecule has 2 aromatic carbocycles. The number of halogens is 6. The van der Waals surface area contributed by atoms with Crippen LogP contribution in [0.3, 0.4) is 0 Å². The van der Waals surface area contributed by atoms with E-state index in [1.165, 1.54) is 37.9 Å². The molecule has 35 heavy (non-hydrogen) atoms. The summed E-state index contributed by atoms with van der Waals surface area (Å²) in [7, 11) is 1.30. The molecule has 2 aromatic rings. The lowest BCUT2D eigenvalue weighted by atomic mass is 9.99. The highest BCUT2D eigenvalue weighted by atomic mass is 32.1. The summed E-state index contributed by atoms with van der Waals surface area (Å²) in [5, 5.41) is 11.0. The third-order valence-corrected chi connectivity index (χ3v) is 5.79. The number of nitriles is 1. The van der Waals surface area contributed by atoms with E-state index in [2.05, 4.69) is 5.32 Å². The number of alkyl halides is 5. The van der Waals surface area contributed by atoms with E-state index in [1.54, 1.807) is 0 Å². The molecule has 0 bridgehead atoms. The maximum absolute atomic E-state index is 14.6. The van der Waals surface area contributed by atoms with Crippen LogP contribution < -0.4 is 15.1 Å². The van der Waals surface area contributed by atoms with Crippen LogP contribution >= 0.6 is 12.2 Å². The Morgan fingerprint density at radius 1 is 1.09 bits per heavy atom. The van der Waals surface area contributed by atoms with Crippen molar-refractivity contribution in [3.05, 3.63) is 58.9 Å². The number of nitrogens with one attached hydrogen (secondary N) is 1. The second-order valence-electron chi connectivity index (χ2n) is 7.97. The molecule has 6 nitrogen and oxygen atoms in total. The molecule has 0 spiro atoms. The van der Waals surface area contributed by atoms with Crippen LogP contribution in [0.15, 0.2) is 36.4 Å². The number of rotatable bonds is 4. The number of hydrogen-bond donors (Lipinski definition) is 1. The van der Waals surface area contributed by atoms with E-state index in [4.69, 9.17) is 17.5 Å². The predicted octanol–water partition coefficient (Wildman–Crippen LogP) is 4.63. The van der Waals surface area contributed by atoms with Crippen molar-refractivity contribution in [1.29, 1.82) is 5.26 Å². The van der Waals surface area contributed by atoms with Gasteiger partial charge in [-0.2, -0.15) is 27.2 Å². The minimum atomic E-state index is -6.00. The first-order chi connectivity index (χ1) is 16.1.